The highest BCUT2D eigenvalue weighted by atomic mass is 79.9. The van der Waals surface area contributed by atoms with Gasteiger partial charge in [-0.1, -0.05) is 137 Å². The second kappa shape index (κ2) is 30.6. The summed E-state index contributed by atoms with van der Waals surface area (Å²) >= 11 is 6.69. The minimum Gasteiger partial charge on any atom is -0.494 e. The number of fused-ring (bicyclic) bond motifs is 4. The zero-order valence-corrected chi connectivity index (χ0v) is 57.4. The first-order valence-electron chi connectivity index (χ1n) is 30.3. The van der Waals surface area contributed by atoms with Crippen molar-refractivity contribution in [1.82, 2.24) is 65.5 Å². The Morgan fingerprint density at radius 2 is 0.735 bits per heavy atom. The molecule has 0 radical (unpaired) electrons. The molecule has 0 amide bonds. The normalized spacial score (nSPS) is 13.5. The second-order valence-electron chi connectivity index (χ2n) is 22.4. The second-order valence-corrected chi connectivity index (χ2v) is 24.1. The van der Waals surface area contributed by atoms with Gasteiger partial charge in [-0.2, -0.15) is 0 Å². The number of benzene rings is 7. The molecule has 1 saturated heterocycles. The van der Waals surface area contributed by atoms with E-state index in [0.29, 0.717) is 50.3 Å². The average molecular weight is 1430 g/mol. The van der Waals surface area contributed by atoms with E-state index in [2.05, 4.69) is 104 Å². The van der Waals surface area contributed by atoms with E-state index in [1.54, 1.807) is 53.2 Å². The summed E-state index contributed by atoms with van der Waals surface area (Å²) < 4.78 is 35.3. The summed E-state index contributed by atoms with van der Waals surface area (Å²) in [6, 6.07) is 60.4. The summed E-state index contributed by atoms with van der Waals surface area (Å²) in [7, 11) is 6.08. The minimum atomic E-state index is -0.602. The van der Waals surface area contributed by atoms with Crippen LogP contribution in [0.4, 0.5) is 17.8 Å². The summed E-state index contributed by atoms with van der Waals surface area (Å²) in [5, 5.41) is 27.9. The fraction of sp³-hybridized carbons (Fsp3) is 0.123. The molecular weight excluding hydrogens is 1370 g/mol. The van der Waals surface area contributed by atoms with Crippen LogP contribution in [-0.2, 0) is 9.31 Å². The quantitative estimate of drug-likeness (QED) is 0.0846. The van der Waals surface area contributed by atoms with Gasteiger partial charge in [0.1, 0.15) is 79.1 Å². The van der Waals surface area contributed by atoms with Crippen molar-refractivity contribution in [2.45, 2.75) is 32.0 Å². The molecule has 7 aromatic carbocycles. The van der Waals surface area contributed by atoms with Crippen molar-refractivity contribution in [1.29, 1.82) is 0 Å². The van der Waals surface area contributed by atoms with Crippen molar-refractivity contribution in [3.8, 4) is 79.3 Å². The van der Waals surface area contributed by atoms with Gasteiger partial charge in [0.05, 0.1) is 35.4 Å². The third-order valence-corrected chi connectivity index (χ3v) is 16.6. The maximum absolute atomic E-state index is 6.04. The third kappa shape index (κ3) is 15.6. The summed E-state index contributed by atoms with van der Waals surface area (Å²) in [5.74, 6) is 3.30. The standard InChI is InChI=1S/2C19H15N5O.C16H19BNO3.C10H8BrNO.C9H7BrN4/c2*1-25-15-11-14(10-13-8-5-9-21-16(13)15)18-17(22-19(20)24-23-18)12-6-3-2-4-7-12;1-15(2)16(3,4)21-17(20-15)12-9-11-7-6-8-18-14(11)13(10-12)19-5;1-13-9-6-8(11)5-7-3-2-4-12-10(7)9;10-8-7(12-9(11)14-13-8)6-4-2-1-3-5-6/h2*2-11H,1H3,(H2,20,22,24);6-10H,1H2,2-5H3;2-6H,1H3;1-5H,(H2,11,12,14)/q;;+1;;. The van der Waals surface area contributed by atoms with E-state index < -0.39 is 18.3 Å². The van der Waals surface area contributed by atoms with Crippen molar-refractivity contribution in [3.63, 3.8) is 0 Å². The summed E-state index contributed by atoms with van der Waals surface area (Å²) in [5.41, 5.74) is 28.0. The van der Waals surface area contributed by atoms with Crippen molar-refractivity contribution < 1.29 is 28.3 Å². The maximum Gasteiger partial charge on any atom is 0.498 e. The molecule has 15 rings (SSSR count). The van der Waals surface area contributed by atoms with Crippen LogP contribution < -0.4 is 41.6 Å². The van der Waals surface area contributed by atoms with Gasteiger partial charge in [-0.3, -0.25) is 19.9 Å². The molecule has 25 heteroatoms. The Morgan fingerprint density at radius 1 is 0.378 bits per heavy atom. The van der Waals surface area contributed by atoms with Crippen molar-refractivity contribution >= 4 is 106 Å². The number of hydrogen-bond donors (Lipinski definition) is 3. The van der Waals surface area contributed by atoms with Gasteiger partial charge in [0.2, 0.25) is 23.4 Å². The van der Waals surface area contributed by atoms with Crippen LogP contribution in [0.1, 0.15) is 20.8 Å². The molecule has 0 aliphatic carbocycles. The predicted molar refractivity (Wildman–Crippen MR) is 391 cm³/mol. The number of halogens is 2. The lowest BCUT2D eigenvalue weighted by molar-refractivity contribution is 0.0262. The lowest BCUT2D eigenvalue weighted by atomic mass is 9.78. The van der Waals surface area contributed by atoms with Gasteiger partial charge < -0.3 is 45.5 Å². The van der Waals surface area contributed by atoms with E-state index in [4.69, 9.17) is 45.5 Å². The number of nitrogen functional groups attached to an aromatic ring is 3. The summed E-state index contributed by atoms with van der Waals surface area (Å²) in [6.45, 7) is 10.0. The van der Waals surface area contributed by atoms with Crippen LogP contribution in [0.15, 0.2) is 222 Å². The molecule has 0 spiro atoms. The fourth-order valence-corrected chi connectivity index (χ4v) is 11.2. The first-order chi connectivity index (χ1) is 47.4. The number of aromatic nitrogens is 13. The van der Waals surface area contributed by atoms with Crippen LogP contribution in [0, 0.1) is 6.92 Å². The van der Waals surface area contributed by atoms with Crippen LogP contribution in [0.25, 0.3) is 99.9 Å². The maximum atomic E-state index is 6.04. The molecule has 0 bridgehead atoms. The molecule has 6 N–H and O–H groups in total. The van der Waals surface area contributed by atoms with Crippen molar-refractivity contribution in [2.75, 3.05) is 45.6 Å². The molecular formula is C73H64BBr2N16O6+. The molecule has 1 aliphatic rings. The van der Waals surface area contributed by atoms with Gasteiger partial charge in [-0.25, -0.2) is 15.0 Å². The molecule has 0 saturated carbocycles. The van der Waals surface area contributed by atoms with Gasteiger partial charge in [0, 0.05) is 85.5 Å². The van der Waals surface area contributed by atoms with Crippen LogP contribution in [0.5, 0.6) is 23.0 Å². The first-order valence-corrected chi connectivity index (χ1v) is 31.9. The fourth-order valence-electron chi connectivity index (χ4n) is 10.4. The molecule has 7 aromatic heterocycles. The Morgan fingerprint density at radius 3 is 1.13 bits per heavy atom. The Balaban J connectivity index is 0.000000127. The van der Waals surface area contributed by atoms with E-state index >= 15 is 0 Å². The monoisotopic (exact) mass is 1430 g/mol. The molecule has 1 fully saturated rings. The lowest BCUT2D eigenvalue weighted by Crippen LogP contribution is -2.42. The number of nitrogens with zero attached hydrogens (tertiary/aromatic N) is 13. The summed E-state index contributed by atoms with van der Waals surface area (Å²) in [6.07, 6.45) is 7.00. The number of methoxy groups -OCH3 is 4. The Kier molecular flexibility index (Phi) is 21.2. The SMILES string of the molecule is COc1cc(-c2nnc(N)nc2-c2ccccc2)cc2cccnc12.COc1cc(-c2nnc(N)nc2-c2ccccc2)cc2cccnc12.COc1cc(Br)cc2cccnc12.Nc1nnc(Br)c(-c2ccccc2)n1.[CH2+]C1(C)OB(c2cc(OC)c3ncccc3c2)OC1(C)C. The molecule has 14 aromatic rings. The number of pyridine rings is 4. The van der Waals surface area contributed by atoms with Gasteiger partial charge in [-0.05, 0) is 102 Å². The van der Waals surface area contributed by atoms with E-state index in [0.717, 1.165) is 87.1 Å². The van der Waals surface area contributed by atoms with E-state index in [1.807, 2.05) is 209 Å². The van der Waals surface area contributed by atoms with Crippen LogP contribution >= 0.6 is 31.9 Å². The zero-order chi connectivity index (χ0) is 68.9. The highest BCUT2D eigenvalue weighted by Gasteiger charge is 2.57. The molecule has 98 heavy (non-hydrogen) atoms. The van der Waals surface area contributed by atoms with E-state index in [1.165, 1.54) is 0 Å². The topological polar surface area (TPSA) is 301 Å². The van der Waals surface area contributed by atoms with Crippen LogP contribution in [0.3, 0.4) is 0 Å². The molecule has 1 aliphatic heterocycles. The Hall–Kier alpha value is -11.4. The van der Waals surface area contributed by atoms with Gasteiger partial charge >= 0.3 is 7.12 Å². The van der Waals surface area contributed by atoms with Crippen molar-refractivity contribution in [2.24, 2.45) is 0 Å². The molecule has 1 atom stereocenters. The zero-order valence-electron chi connectivity index (χ0n) is 54.2. The van der Waals surface area contributed by atoms with Gasteiger partial charge in [-0.15, -0.1) is 30.6 Å². The highest BCUT2D eigenvalue weighted by molar-refractivity contribution is 9.10. The third-order valence-electron chi connectivity index (χ3n) is 15.6. The largest absolute Gasteiger partial charge is 0.498 e. The smallest absolute Gasteiger partial charge is 0.494 e. The van der Waals surface area contributed by atoms with Gasteiger partial charge in [0.15, 0.2) is 4.60 Å². The number of hydrogen-bond acceptors (Lipinski definition) is 22. The van der Waals surface area contributed by atoms with Crippen LogP contribution in [0.2, 0.25) is 0 Å². The molecule has 22 nitrogen and oxygen atoms in total. The molecule has 488 valence electrons. The van der Waals surface area contributed by atoms with E-state index in [9.17, 15) is 0 Å². The highest BCUT2D eigenvalue weighted by Crippen LogP contribution is 2.39. The summed E-state index contributed by atoms with van der Waals surface area (Å²) in [4.78, 5) is 30.3. The van der Waals surface area contributed by atoms with E-state index in [-0.39, 0.29) is 17.8 Å². The Bertz CT molecular complexity index is 4930. The number of anilines is 3. The Labute approximate surface area is 581 Å². The number of ether oxygens (including phenoxy) is 4. The lowest BCUT2D eigenvalue weighted by Gasteiger charge is -2.25. The first kappa shape index (κ1) is 68.0. The molecule has 8 heterocycles. The minimum absolute atomic E-state index is 0.136. The molecule has 1 unspecified atom stereocenters. The predicted octanol–water partition coefficient (Wildman–Crippen LogP) is 13.9. The van der Waals surface area contributed by atoms with Gasteiger partial charge in [0.25, 0.3) is 0 Å². The van der Waals surface area contributed by atoms with Crippen LogP contribution in [-0.4, -0.2) is 112 Å². The average Bonchev–Trinajstić information content (AvgIpc) is 1.61. The van der Waals surface area contributed by atoms with Crippen molar-refractivity contribution in [3.05, 3.63) is 229 Å². The number of nitrogens with two attached hydrogens (primary N) is 3. The number of rotatable bonds is 10.